The number of nitrogens with one attached hydrogen (secondary N) is 1. The first kappa shape index (κ1) is 10.4. The van der Waals surface area contributed by atoms with Crippen molar-refractivity contribution in [1.82, 2.24) is 5.32 Å². The van der Waals surface area contributed by atoms with Crippen LogP contribution >= 0.6 is 0 Å². The first-order valence-electron chi connectivity index (χ1n) is 4.43. The summed E-state index contributed by atoms with van der Waals surface area (Å²) in [7, 11) is 0. The molecule has 5 nitrogen and oxygen atoms in total. The fraction of sp³-hybridized carbons (Fsp3) is 0.875. The van der Waals surface area contributed by atoms with Gasteiger partial charge < -0.3 is 20.3 Å². The van der Waals surface area contributed by atoms with Crippen LogP contribution in [-0.2, 0) is 9.53 Å². The summed E-state index contributed by atoms with van der Waals surface area (Å²) in [6.07, 6.45) is 0.793. The zero-order valence-corrected chi connectivity index (χ0v) is 7.40. The zero-order chi connectivity index (χ0) is 9.68. The van der Waals surface area contributed by atoms with Gasteiger partial charge in [-0.3, -0.25) is 4.79 Å². The Morgan fingerprint density at radius 3 is 3.00 bits per heavy atom. The number of carbonyl (C=O) groups is 1. The Labute approximate surface area is 76.7 Å². The van der Waals surface area contributed by atoms with Crippen molar-refractivity contribution >= 4 is 5.97 Å². The molecule has 1 heterocycles. The van der Waals surface area contributed by atoms with E-state index in [2.05, 4.69) is 5.32 Å². The van der Waals surface area contributed by atoms with Gasteiger partial charge in [-0.1, -0.05) is 0 Å². The number of rotatable bonds is 4. The first-order chi connectivity index (χ1) is 6.24. The molecule has 0 aromatic heterocycles. The topological polar surface area (TPSA) is 78.8 Å². The second-order valence-corrected chi connectivity index (χ2v) is 3.12. The summed E-state index contributed by atoms with van der Waals surface area (Å²) in [5.41, 5.74) is 0. The molecule has 2 atom stereocenters. The summed E-state index contributed by atoms with van der Waals surface area (Å²) in [4.78, 5) is 11.2. The highest BCUT2D eigenvalue weighted by atomic mass is 16.5. The van der Waals surface area contributed by atoms with E-state index in [1.807, 2.05) is 0 Å². The van der Waals surface area contributed by atoms with Crippen LogP contribution in [0.2, 0.25) is 0 Å². The lowest BCUT2D eigenvalue weighted by molar-refractivity contribution is -0.149. The maximum absolute atomic E-state index is 11.2. The van der Waals surface area contributed by atoms with E-state index in [4.69, 9.17) is 14.9 Å². The van der Waals surface area contributed by atoms with Gasteiger partial charge in [-0.15, -0.1) is 0 Å². The lowest BCUT2D eigenvalue weighted by Crippen LogP contribution is -2.34. The molecule has 1 aliphatic rings. The molecule has 1 aliphatic heterocycles. The summed E-state index contributed by atoms with van der Waals surface area (Å²) in [6, 6.07) is -0.231. The largest absolute Gasteiger partial charge is 0.462 e. The van der Waals surface area contributed by atoms with Gasteiger partial charge in [0.15, 0.2) is 0 Å². The number of esters is 1. The molecular formula is C8H15NO4. The molecule has 76 valence electrons. The smallest absolute Gasteiger partial charge is 0.323 e. The molecule has 13 heavy (non-hydrogen) atoms. The van der Waals surface area contributed by atoms with Crippen molar-refractivity contribution in [3.05, 3.63) is 0 Å². The Morgan fingerprint density at radius 2 is 2.46 bits per heavy atom. The summed E-state index contributed by atoms with van der Waals surface area (Å²) in [5.74, 6) is -0.343. The van der Waals surface area contributed by atoms with Gasteiger partial charge in [0.05, 0.1) is 6.61 Å². The van der Waals surface area contributed by atoms with E-state index >= 15 is 0 Å². The number of hydrogen-bond acceptors (Lipinski definition) is 5. The van der Waals surface area contributed by atoms with Crippen molar-refractivity contribution in [1.29, 1.82) is 0 Å². The molecule has 0 aliphatic carbocycles. The van der Waals surface area contributed by atoms with Crippen LogP contribution in [-0.4, -0.2) is 48.1 Å². The normalized spacial score (nSPS) is 24.3. The van der Waals surface area contributed by atoms with Gasteiger partial charge in [0.1, 0.15) is 18.8 Å². The van der Waals surface area contributed by atoms with Crippen molar-refractivity contribution < 1.29 is 19.7 Å². The van der Waals surface area contributed by atoms with Crippen LogP contribution in [0.4, 0.5) is 0 Å². The molecule has 0 aromatic carbocycles. The minimum atomic E-state index is -0.967. The molecule has 0 radical (unpaired) electrons. The fourth-order valence-electron chi connectivity index (χ4n) is 1.22. The van der Waals surface area contributed by atoms with Crippen LogP contribution in [0.15, 0.2) is 0 Å². The average Bonchev–Trinajstić information content (AvgIpc) is 2.66. The second-order valence-electron chi connectivity index (χ2n) is 3.12. The van der Waals surface area contributed by atoms with Crippen LogP contribution in [0.3, 0.4) is 0 Å². The Bertz CT molecular complexity index is 168. The second kappa shape index (κ2) is 5.16. The molecular weight excluding hydrogens is 174 g/mol. The molecule has 0 bridgehead atoms. The number of aliphatic hydroxyl groups excluding tert-OH is 2. The predicted molar refractivity (Wildman–Crippen MR) is 45.1 cm³/mol. The molecule has 1 fully saturated rings. The van der Waals surface area contributed by atoms with E-state index in [-0.39, 0.29) is 25.2 Å². The van der Waals surface area contributed by atoms with Gasteiger partial charge in [-0.05, 0) is 19.4 Å². The third-order valence-corrected chi connectivity index (χ3v) is 1.97. The van der Waals surface area contributed by atoms with Crippen molar-refractivity contribution in [2.24, 2.45) is 0 Å². The van der Waals surface area contributed by atoms with Crippen molar-refractivity contribution in [2.45, 2.75) is 25.0 Å². The molecule has 1 rings (SSSR count). The van der Waals surface area contributed by atoms with E-state index in [9.17, 15) is 4.79 Å². The predicted octanol–water partition coefficient (Wildman–Crippen LogP) is -1.37. The van der Waals surface area contributed by atoms with Crippen LogP contribution in [0.1, 0.15) is 12.8 Å². The summed E-state index contributed by atoms with van der Waals surface area (Å²) in [6.45, 7) is 0.321. The van der Waals surface area contributed by atoms with Gasteiger partial charge >= 0.3 is 5.97 Å². The van der Waals surface area contributed by atoms with Gasteiger partial charge in [0.25, 0.3) is 0 Å². The third-order valence-electron chi connectivity index (χ3n) is 1.97. The molecule has 5 heteroatoms. The van der Waals surface area contributed by atoms with Crippen molar-refractivity contribution in [2.75, 3.05) is 19.8 Å². The summed E-state index contributed by atoms with van der Waals surface area (Å²) >= 11 is 0. The lowest BCUT2D eigenvalue weighted by Gasteiger charge is -2.12. The van der Waals surface area contributed by atoms with Crippen LogP contribution in [0, 0.1) is 0 Å². The lowest BCUT2D eigenvalue weighted by atomic mass is 10.2. The Balaban J connectivity index is 2.16. The molecule has 1 saturated heterocycles. The standard InChI is InChI=1S/C8H15NO4/c10-4-6(11)5-13-8(12)7-2-1-3-9-7/h6-7,9-11H,1-5H2/t6?,7-/m0/s1. The maximum Gasteiger partial charge on any atom is 0.323 e. The minimum Gasteiger partial charge on any atom is -0.462 e. The average molecular weight is 189 g/mol. The Morgan fingerprint density at radius 1 is 1.69 bits per heavy atom. The number of carbonyl (C=O) groups excluding carboxylic acids is 1. The van der Waals surface area contributed by atoms with Gasteiger partial charge in [0.2, 0.25) is 0 Å². The Kier molecular flexibility index (Phi) is 4.14. The van der Waals surface area contributed by atoms with Gasteiger partial charge in [0, 0.05) is 0 Å². The van der Waals surface area contributed by atoms with E-state index in [1.165, 1.54) is 0 Å². The number of ether oxygens (including phenoxy) is 1. The SMILES string of the molecule is O=C(OCC(O)CO)[C@@H]1CCCN1. The van der Waals surface area contributed by atoms with Crippen molar-refractivity contribution in [3.63, 3.8) is 0 Å². The number of aliphatic hydroxyl groups is 2. The van der Waals surface area contributed by atoms with E-state index < -0.39 is 6.10 Å². The van der Waals surface area contributed by atoms with E-state index in [0.717, 1.165) is 19.4 Å². The highest BCUT2D eigenvalue weighted by Gasteiger charge is 2.23. The van der Waals surface area contributed by atoms with Gasteiger partial charge in [-0.2, -0.15) is 0 Å². The summed E-state index contributed by atoms with van der Waals surface area (Å²) in [5, 5.41) is 20.3. The zero-order valence-electron chi connectivity index (χ0n) is 7.40. The number of hydrogen-bond donors (Lipinski definition) is 3. The first-order valence-corrected chi connectivity index (χ1v) is 4.43. The molecule has 0 spiro atoms. The molecule has 1 unspecified atom stereocenters. The quantitative estimate of drug-likeness (QED) is 0.476. The molecule has 0 amide bonds. The monoisotopic (exact) mass is 189 g/mol. The third kappa shape index (κ3) is 3.30. The molecule has 3 N–H and O–H groups in total. The maximum atomic E-state index is 11.2. The molecule has 0 saturated carbocycles. The fourth-order valence-corrected chi connectivity index (χ4v) is 1.22. The molecule has 0 aromatic rings. The van der Waals surface area contributed by atoms with Crippen LogP contribution in [0.5, 0.6) is 0 Å². The van der Waals surface area contributed by atoms with E-state index in [1.54, 1.807) is 0 Å². The van der Waals surface area contributed by atoms with Crippen molar-refractivity contribution in [3.8, 4) is 0 Å². The van der Waals surface area contributed by atoms with Gasteiger partial charge in [-0.25, -0.2) is 0 Å². The van der Waals surface area contributed by atoms with Crippen LogP contribution in [0.25, 0.3) is 0 Å². The van der Waals surface area contributed by atoms with Crippen LogP contribution < -0.4 is 5.32 Å². The summed E-state index contributed by atoms with van der Waals surface area (Å²) < 4.78 is 4.77. The Hall–Kier alpha value is -0.650. The highest BCUT2D eigenvalue weighted by molar-refractivity contribution is 5.76. The highest BCUT2D eigenvalue weighted by Crippen LogP contribution is 2.06. The minimum absolute atomic E-state index is 0.131. The van der Waals surface area contributed by atoms with E-state index in [0.29, 0.717) is 0 Å².